The van der Waals surface area contributed by atoms with Gasteiger partial charge in [0.15, 0.2) is 0 Å². The largest absolute Gasteiger partial charge is 0.495 e. The minimum absolute atomic E-state index is 0.221. The summed E-state index contributed by atoms with van der Waals surface area (Å²) in [6, 6.07) is 13.0. The van der Waals surface area contributed by atoms with Crippen molar-refractivity contribution in [1.82, 2.24) is 5.32 Å². The Kier molecular flexibility index (Phi) is 7.41. The van der Waals surface area contributed by atoms with Gasteiger partial charge in [-0.15, -0.1) is 11.3 Å². The van der Waals surface area contributed by atoms with Crippen LogP contribution in [0.25, 0.3) is 21.2 Å². The lowest BCUT2D eigenvalue weighted by Gasteiger charge is -2.12. The zero-order valence-electron chi connectivity index (χ0n) is 16.7. The van der Waals surface area contributed by atoms with Gasteiger partial charge in [0.05, 0.1) is 29.6 Å². The Morgan fingerprint density at radius 3 is 2.63 bits per heavy atom. The van der Waals surface area contributed by atoms with Crippen LogP contribution >= 0.6 is 11.3 Å². The molecule has 2 atom stereocenters. The normalized spacial score (nSPS) is 13.2. The standard InChI is InChI=1S/C22H26N2O5S/c1-29-18-11-19(22(28)24-10-4-5-13(26)12-25)30-20(18)16-8-2-7-15-14(16)6-3-9-17(15)21(23)27/h2-3,6-9,11,13,21,25-27H,4-5,10,12,23H2,1H3,(H,24,28). The van der Waals surface area contributed by atoms with Gasteiger partial charge in [-0.05, 0) is 23.6 Å². The van der Waals surface area contributed by atoms with Crippen LogP contribution in [0.2, 0.25) is 0 Å². The predicted molar refractivity (Wildman–Crippen MR) is 118 cm³/mol. The number of hydrogen-bond donors (Lipinski definition) is 5. The predicted octanol–water partition coefficient (Wildman–Crippen LogP) is 2.39. The molecule has 0 aliphatic rings. The molecule has 30 heavy (non-hydrogen) atoms. The molecule has 2 unspecified atom stereocenters. The molecule has 6 N–H and O–H groups in total. The lowest BCUT2D eigenvalue weighted by Crippen LogP contribution is -2.24. The van der Waals surface area contributed by atoms with Crippen LogP contribution in [0.5, 0.6) is 5.75 Å². The van der Waals surface area contributed by atoms with Gasteiger partial charge in [0.25, 0.3) is 5.91 Å². The number of methoxy groups -OCH3 is 1. The van der Waals surface area contributed by atoms with Gasteiger partial charge >= 0.3 is 0 Å². The molecular weight excluding hydrogens is 404 g/mol. The van der Waals surface area contributed by atoms with Crippen molar-refractivity contribution >= 4 is 28.0 Å². The Labute approximate surface area is 178 Å². The maximum absolute atomic E-state index is 12.6. The molecule has 160 valence electrons. The van der Waals surface area contributed by atoms with E-state index in [2.05, 4.69) is 5.32 Å². The number of hydrogen-bond acceptors (Lipinski definition) is 7. The average Bonchev–Trinajstić information content (AvgIpc) is 3.19. The van der Waals surface area contributed by atoms with Crippen LogP contribution in [0.3, 0.4) is 0 Å². The quantitative estimate of drug-likeness (QED) is 0.262. The van der Waals surface area contributed by atoms with E-state index in [4.69, 9.17) is 15.6 Å². The van der Waals surface area contributed by atoms with Crippen molar-refractivity contribution in [3.05, 3.63) is 52.9 Å². The molecule has 0 fully saturated rings. The van der Waals surface area contributed by atoms with Gasteiger partial charge < -0.3 is 31.1 Å². The number of aliphatic hydroxyl groups excluding tert-OH is 3. The zero-order valence-corrected chi connectivity index (χ0v) is 17.5. The first kappa shape index (κ1) is 22.2. The van der Waals surface area contributed by atoms with Crippen LogP contribution < -0.4 is 15.8 Å². The second-order valence-corrected chi connectivity index (χ2v) is 7.99. The number of carbonyl (C=O) groups excluding carboxylic acids is 1. The maximum atomic E-state index is 12.6. The Hall–Kier alpha value is -2.49. The summed E-state index contributed by atoms with van der Waals surface area (Å²) in [4.78, 5) is 13.9. The fraction of sp³-hybridized carbons (Fsp3) is 0.318. The molecule has 3 aromatic rings. The molecule has 0 saturated heterocycles. The number of benzene rings is 2. The maximum Gasteiger partial charge on any atom is 0.261 e. The summed E-state index contributed by atoms with van der Waals surface area (Å²) in [6.45, 7) is 0.116. The van der Waals surface area contributed by atoms with Crippen LogP contribution in [0.1, 0.15) is 34.3 Å². The Morgan fingerprint density at radius 1 is 1.20 bits per heavy atom. The number of nitrogens with one attached hydrogen (secondary N) is 1. The van der Waals surface area contributed by atoms with Gasteiger partial charge in [0.1, 0.15) is 12.0 Å². The molecule has 8 heteroatoms. The van der Waals surface area contributed by atoms with E-state index in [-0.39, 0.29) is 12.5 Å². The molecule has 0 spiro atoms. The van der Waals surface area contributed by atoms with Crippen LogP contribution in [0.15, 0.2) is 42.5 Å². The van der Waals surface area contributed by atoms with Crippen molar-refractivity contribution in [3.63, 3.8) is 0 Å². The van der Waals surface area contributed by atoms with Gasteiger partial charge in [0, 0.05) is 23.7 Å². The minimum atomic E-state index is -1.08. The van der Waals surface area contributed by atoms with E-state index in [0.717, 1.165) is 21.2 Å². The van der Waals surface area contributed by atoms with Crippen molar-refractivity contribution < 1.29 is 24.9 Å². The number of thiophene rings is 1. The molecule has 0 saturated carbocycles. The zero-order chi connectivity index (χ0) is 21.7. The summed E-state index contributed by atoms with van der Waals surface area (Å²) >= 11 is 1.32. The highest BCUT2D eigenvalue weighted by Gasteiger charge is 2.19. The van der Waals surface area contributed by atoms with Crippen LogP contribution in [-0.4, -0.2) is 47.6 Å². The smallest absolute Gasteiger partial charge is 0.261 e. The van der Waals surface area contributed by atoms with Crippen molar-refractivity contribution in [1.29, 1.82) is 0 Å². The highest BCUT2D eigenvalue weighted by Crippen LogP contribution is 2.42. The van der Waals surface area contributed by atoms with Crippen LogP contribution in [-0.2, 0) is 0 Å². The second kappa shape index (κ2) is 10.0. The van der Waals surface area contributed by atoms with Crippen molar-refractivity contribution in [2.24, 2.45) is 5.73 Å². The minimum Gasteiger partial charge on any atom is -0.495 e. The monoisotopic (exact) mass is 430 g/mol. The van der Waals surface area contributed by atoms with E-state index in [1.54, 1.807) is 19.2 Å². The molecule has 1 aromatic heterocycles. The number of nitrogens with two attached hydrogens (primary N) is 1. The highest BCUT2D eigenvalue weighted by atomic mass is 32.1. The SMILES string of the molecule is COc1cc(C(=O)NCCCC(O)CO)sc1-c1cccc2c(C(N)O)cccc12. The first-order chi connectivity index (χ1) is 14.5. The molecule has 0 bridgehead atoms. The Morgan fingerprint density at radius 2 is 1.93 bits per heavy atom. The molecule has 0 aliphatic carbocycles. The van der Waals surface area contributed by atoms with Gasteiger partial charge in [-0.2, -0.15) is 0 Å². The van der Waals surface area contributed by atoms with Gasteiger partial charge in [0.2, 0.25) is 0 Å². The molecule has 0 radical (unpaired) electrons. The van der Waals surface area contributed by atoms with Crippen LogP contribution in [0, 0.1) is 0 Å². The molecule has 0 aliphatic heterocycles. The lowest BCUT2D eigenvalue weighted by atomic mass is 9.98. The van der Waals surface area contributed by atoms with Crippen molar-refractivity contribution in [3.8, 4) is 16.2 Å². The second-order valence-electron chi connectivity index (χ2n) is 6.94. The molecule has 7 nitrogen and oxygen atoms in total. The molecule has 2 aromatic carbocycles. The van der Waals surface area contributed by atoms with E-state index in [1.165, 1.54) is 11.3 Å². The Balaban J connectivity index is 1.88. The lowest BCUT2D eigenvalue weighted by molar-refractivity contribution is 0.0849. The number of amides is 1. The third-order valence-electron chi connectivity index (χ3n) is 4.87. The summed E-state index contributed by atoms with van der Waals surface area (Å²) in [5.41, 5.74) is 7.23. The topological polar surface area (TPSA) is 125 Å². The fourth-order valence-electron chi connectivity index (χ4n) is 3.33. The van der Waals surface area contributed by atoms with Crippen molar-refractivity contribution in [2.45, 2.75) is 25.2 Å². The van der Waals surface area contributed by atoms with Crippen LogP contribution in [0.4, 0.5) is 0 Å². The number of fused-ring (bicyclic) bond motifs is 1. The van der Waals surface area contributed by atoms with Gasteiger partial charge in [-0.3, -0.25) is 4.79 Å². The fourth-order valence-corrected chi connectivity index (χ4v) is 4.42. The first-order valence-corrected chi connectivity index (χ1v) is 10.5. The van der Waals surface area contributed by atoms with E-state index < -0.39 is 12.3 Å². The molecule has 1 heterocycles. The van der Waals surface area contributed by atoms with Gasteiger partial charge in [-0.25, -0.2) is 0 Å². The number of ether oxygens (including phenoxy) is 1. The number of rotatable bonds is 9. The van der Waals surface area contributed by atoms with E-state index >= 15 is 0 Å². The van der Waals surface area contributed by atoms with Crippen molar-refractivity contribution in [2.75, 3.05) is 20.3 Å². The highest BCUT2D eigenvalue weighted by molar-refractivity contribution is 7.18. The number of carbonyl (C=O) groups is 1. The molecule has 1 amide bonds. The summed E-state index contributed by atoms with van der Waals surface area (Å²) in [7, 11) is 1.56. The average molecular weight is 431 g/mol. The summed E-state index contributed by atoms with van der Waals surface area (Å²) in [6.07, 6.45) is -0.865. The first-order valence-electron chi connectivity index (χ1n) is 9.66. The summed E-state index contributed by atoms with van der Waals surface area (Å²) in [5, 5.41) is 32.7. The van der Waals surface area contributed by atoms with E-state index in [9.17, 15) is 15.0 Å². The molecule has 3 rings (SSSR count). The number of aliphatic hydroxyl groups is 3. The third-order valence-corrected chi connectivity index (χ3v) is 6.02. The van der Waals surface area contributed by atoms with Gasteiger partial charge in [-0.1, -0.05) is 36.4 Å². The summed E-state index contributed by atoms with van der Waals surface area (Å²) in [5.74, 6) is 0.369. The van der Waals surface area contributed by atoms with E-state index in [1.807, 2.05) is 30.3 Å². The Bertz CT molecular complexity index is 1020. The summed E-state index contributed by atoms with van der Waals surface area (Å²) < 4.78 is 5.52. The molecular formula is C22H26N2O5S. The van der Waals surface area contributed by atoms with E-state index in [0.29, 0.717) is 35.6 Å². The third kappa shape index (κ3) is 4.80.